The number of ether oxygens (including phenoxy) is 1. The van der Waals surface area contributed by atoms with E-state index in [1.807, 2.05) is 24.3 Å². The third-order valence-electron chi connectivity index (χ3n) is 5.70. The van der Waals surface area contributed by atoms with Crippen LogP contribution in [-0.4, -0.2) is 23.4 Å². The van der Waals surface area contributed by atoms with Gasteiger partial charge >= 0.3 is 0 Å². The second kappa shape index (κ2) is 9.42. The van der Waals surface area contributed by atoms with Crippen molar-refractivity contribution in [3.8, 4) is 17.0 Å². The van der Waals surface area contributed by atoms with Gasteiger partial charge in [-0.2, -0.15) is 0 Å². The summed E-state index contributed by atoms with van der Waals surface area (Å²) < 4.78 is 7.32. The molecule has 0 unspecified atom stereocenters. The number of methoxy groups -OCH3 is 1. The van der Waals surface area contributed by atoms with E-state index in [0.717, 1.165) is 21.9 Å². The van der Waals surface area contributed by atoms with Gasteiger partial charge in [0.05, 0.1) is 25.1 Å². The summed E-state index contributed by atoms with van der Waals surface area (Å²) in [5, 5.41) is 11.7. The Balaban J connectivity index is 1.64. The molecule has 1 aliphatic rings. The number of benzene rings is 2. The summed E-state index contributed by atoms with van der Waals surface area (Å²) in [4.78, 5) is 5.67. The van der Waals surface area contributed by atoms with Crippen molar-refractivity contribution in [3.63, 3.8) is 0 Å². The van der Waals surface area contributed by atoms with E-state index in [9.17, 15) is 5.11 Å². The van der Waals surface area contributed by atoms with Gasteiger partial charge in [-0.3, -0.25) is 0 Å². The van der Waals surface area contributed by atoms with Crippen molar-refractivity contribution in [1.29, 1.82) is 0 Å². The highest BCUT2D eigenvalue weighted by molar-refractivity contribution is 7.07. The van der Waals surface area contributed by atoms with E-state index in [4.69, 9.17) is 9.73 Å². The molecule has 1 fully saturated rings. The number of aromatic nitrogens is 1. The van der Waals surface area contributed by atoms with Gasteiger partial charge < -0.3 is 14.4 Å². The Labute approximate surface area is 176 Å². The number of aliphatic hydroxyl groups excluding tert-OH is 1. The van der Waals surface area contributed by atoms with E-state index >= 15 is 0 Å². The minimum absolute atomic E-state index is 0.0830. The zero-order chi connectivity index (χ0) is 20.1. The van der Waals surface area contributed by atoms with Crippen molar-refractivity contribution in [2.24, 2.45) is 4.99 Å². The molecular weight excluding hydrogens is 380 g/mol. The average molecular weight is 409 g/mol. The number of thiazole rings is 1. The van der Waals surface area contributed by atoms with Crippen LogP contribution in [0.3, 0.4) is 0 Å². The Morgan fingerprint density at radius 3 is 2.41 bits per heavy atom. The van der Waals surface area contributed by atoms with Crippen LogP contribution in [0.4, 0.5) is 5.69 Å². The summed E-state index contributed by atoms with van der Waals surface area (Å²) in [6, 6.07) is 16.7. The molecule has 0 spiro atoms. The van der Waals surface area contributed by atoms with Crippen LogP contribution in [0.15, 0.2) is 58.9 Å². The monoisotopic (exact) mass is 408 g/mol. The maximum atomic E-state index is 9.61. The standard InChI is InChI=1S/C24H28N2O2S/c1-28-22-13-11-21(12-14-22)25-24-26(15-16-27)23(17-29-24)20-9-7-19(8-10-20)18-5-3-2-4-6-18/h7-14,17-18,27H,2-6,15-16H2,1H3. The second-order valence-electron chi connectivity index (χ2n) is 7.55. The van der Waals surface area contributed by atoms with Gasteiger partial charge in [-0.1, -0.05) is 43.5 Å². The summed E-state index contributed by atoms with van der Waals surface area (Å²) in [5.74, 6) is 1.53. The zero-order valence-electron chi connectivity index (χ0n) is 16.9. The van der Waals surface area contributed by atoms with Crippen molar-refractivity contribution >= 4 is 17.0 Å². The van der Waals surface area contributed by atoms with E-state index in [-0.39, 0.29) is 6.61 Å². The van der Waals surface area contributed by atoms with Crippen LogP contribution in [0.25, 0.3) is 11.3 Å². The predicted octanol–water partition coefficient (Wildman–Crippen LogP) is 5.50. The Hall–Kier alpha value is -2.37. The van der Waals surface area contributed by atoms with Crippen LogP contribution in [0, 0.1) is 0 Å². The van der Waals surface area contributed by atoms with Gasteiger partial charge in [0.25, 0.3) is 0 Å². The predicted molar refractivity (Wildman–Crippen MR) is 119 cm³/mol. The molecule has 0 aliphatic heterocycles. The Kier molecular flexibility index (Phi) is 6.47. The summed E-state index contributed by atoms with van der Waals surface area (Å²) in [7, 11) is 1.66. The topological polar surface area (TPSA) is 46.8 Å². The molecule has 152 valence electrons. The van der Waals surface area contributed by atoms with Crippen molar-refractivity contribution < 1.29 is 9.84 Å². The molecule has 4 rings (SSSR count). The summed E-state index contributed by atoms with van der Waals surface area (Å²) in [6.07, 6.45) is 6.71. The summed E-state index contributed by atoms with van der Waals surface area (Å²) in [6.45, 7) is 0.609. The fourth-order valence-corrected chi connectivity index (χ4v) is 5.05. The lowest BCUT2D eigenvalue weighted by molar-refractivity contribution is 0.275. The molecule has 5 heteroatoms. The van der Waals surface area contributed by atoms with Crippen LogP contribution in [-0.2, 0) is 6.54 Å². The van der Waals surface area contributed by atoms with Crippen LogP contribution < -0.4 is 9.54 Å². The van der Waals surface area contributed by atoms with Crippen LogP contribution in [0.1, 0.15) is 43.6 Å². The first kappa shape index (κ1) is 19.9. The van der Waals surface area contributed by atoms with Crippen molar-refractivity contribution in [1.82, 2.24) is 4.57 Å². The van der Waals surface area contributed by atoms with Gasteiger partial charge in [0.1, 0.15) is 5.75 Å². The molecule has 4 nitrogen and oxygen atoms in total. The van der Waals surface area contributed by atoms with Crippen LogP contribution >= 0.6 is 11.3 Å². The van der Waals surface area contributed by atoms with Crippen molar-refractivity contribution in [2.75, 3.05) is 13.7 Å². The van der Waals surface area contributed by atoms with Gasteiger partial charge in [-0.15, -0.1) is 11.3 Å². The normalized spacial score (nSPS) is 15.6. The number of rotatable bonds is 6. The largest absolute Gasteiger partial charge is 0.497 e. The zero-order valence-corrected chi connectivity index (χ0v) is 17.7. The van der Waals surface area contributed by atoms with Crippen LogP contribution in [0.2, 0.25) is 0 Å². The van der Waals surface area contributed by atoms with Crippen molar-refractivity contribution in [2.45, 2.75) is 44.6 Å². The molecule has 2 aromatic carbocycles. The van der Waals surface area contributed by atoms with Gasteiger partial charge in [0.15, 0.2) is 4.80 Å². The first-order chi connectivity index (χ1) is 14.3. The third kappa shape index (κ3) is 4.62. The average Bonchev–Trinajstić information content (AvgIpc) is 3.17. The molecule has 0 saturated heterocycles. The molecular formula is C24H28N2O2S. The van der Waals surface area contributed by atoms with E-state index in [2.05, 4.69) is 34.2 Å². The van der Waals surface area contributed by atoms with Crippen molar-refractivity contribution in [3.05, 3.63) is 64.3 Å². The van der Waals surface area contributed by atoms with E-state index < -0.39 is 0 Å². The molecule has 3 aromatic rings. The molecule has 1 aliphatic carbocycles. The summed E-state index contributed by atoms with van der Waals surface area (Å²) in [5.41, 5.74) is 4.61. The highest BCUT2D eigenvalue weighted by atomic mass is 32.1. The Morgan fingerprint density at radius 1 is 1.03 bits per heavy atom. The van der Waals surface area contributed by atoms with E-state index in [1.54, 1.807) is 18.4 Å². The number of hydrogen-bond donors (Lipinski definition) is 1. The Bertz CT molecular complexity index is 981. The molecule has 29 heavy (non-hydrogen) atoms. The molecule has 1 aromatic heterocycles. The number of hydrogen-bond acceptors (Lipinski definition) is 4. The lowest BCUT2D eigenvalue weighted by Gasteiger charge is -2.22. The smallest absolute Gasteiger partial charge is 0.190 e. The lowest BCUT2D eigenvalue weighted by Crippen LogP contribution is -2.17. The van der Waals surface area contributed by atoms with Gasteiger partial charge in [0.2, 0.25) is 0 Å². The number of nitrogens with zero attached hydrogens (tertiary/aromatic N) is 2. The molecule has 0 amide bonds. The fourth-order valence-electron chi connectivity index (χ4n) is 4.09. The molecule has 0 bridgehead atoms. The highest BCUT2D eigenvalue weighted by Gasteiger charge is 2.16. The fraction of sp³-hybridized carbons (Fsp3) is 0.375. The second-order valence-corrected chi connectivity index (χ2v) is 8.38. The van der Waals surface area contributed by atoms with Gasteiger partial charge in [-0.25, -0.2) is 4.99 Å². The molecule has 1 saturated carbocycles. The van der Waals surface area contributed by atoms with E-state index in [0.29, 0.717) is 12.5 Å². The van der Waals surface area contributed by atoms with Crippen LogP contribution in [0.5, 0.6) is 5.75 Å². The maximum Gasteiger partial charge on any atom is 0.190 e. The molecule has 0 atom stereocenters. The third-order valence-corrected chi connectivity index (χ3v) is 6.57. The van der Waals surface area contributed by atoms with Gasteiger partial charge in [0, 0.05) is 11.9 Å². The highest BCUT2D eigenvalue weighted by Crippen LogP contribution is 2.33. The quantitative estimate of drug-likeness (QED) is 0.586. The van der Waals surface area contributed by atoms with Gasteiger partial charge in [-0.05, 0) is 54.2 Å². The minimum Gasteiger partial charge on any atom is -0.497 e. The first-order valence-electron chi connectivity index (χ1n) is 10.4. The van der Waals surface area contributed by atoms with E-state index in [1.165, 1.54) is 43.2 Å². The summed E-state index contributed by atoms with van der Waals surface area (Å²) >= 11 is 1.60. The Morgan fingerprint density at radius 2 is 1.76 bits per heavy atom. The molecule has 1 N–H and O–H groups in total. The SMILES string of the molecule is COc1ccc(N=c2scc(-c3ccc(C4CCCCC4)cc3)n2CCO)cc1. The number of aliphatic hydroxyl groups is 1. The molecule has 0 radical (unpaired) electrons. The minimum atomic E-state index is 0.0830. The maximum absolute atomic E-state index is 9.61. The first-order valence-corrected chi connectivity index (χ1v) is 11.2. The lowest BCUT2D eigenvalue weighted by atomic mass is 9.84. The molecule has 1 heterocycles.